The number of hydrogen-bond acceptors (Lipinski definition) is 2. The zero-order valence-electron chi connectivity index (χ0n) is 6.59. The Balaban J connectivity index is 3.19. The van der Waals surface area contributed by atoms with E-state index in [1.165, 1.54) is 0 Å². The van der Waals surface area contributed by atoms with Crippen LogP contribution in [-0.4, -0.2) is 18.5 Å². The average Bonchev–Trinajstić information content (AvgIpc) is 1.87. The van der Waals surface area contributed by atoms with E-state index in [0.29, 0.717) is 13.0 Å². The van der Waals surface area contributed by atoms with Crippen LogP contribution in [0.3, 0.4) is 0 Å². The lowest BCUT2D eigenvalue weighted by atomic mass is 10.3. The molecule has 0 saturated heterocycles. The molecule has 0 aliphatic rings. The van der Waals surface area contributed by atoms with Gasteiger partial charge in [0.2, 0.25) is 0 Å². The van der Waals surface area contributed by atoms with Crippen LogP contribution in [0.15, 0.2) is 12.7 Å². The summed E-state index contributed by atoms with van der Waals surface area (Å²) in [7, 11) is 0. The third-order valence-electron chi connectivity index (χ3n) is 1.17. The number of hydrogen-bond donors (Lipinski definition) is 0. The van der Waals surface area contributed by atoms with Crippen molar-refractivity contribution >= 4 is 5.78 Å². The molecule has 0 spiro atoms. The second-order valence-electron chi connectivity index (χ2n) is 2.26. The van der Waals surface area contributed by atoms with Crippen molar-refractivity contribution in [1.29, 1.82) is 0 Å². The maximum atomic E-state index is 10.4. The molecule has 0 aromatic rings. The van der Waals surface area contributed by atoms with Gasteiger partial charge >= 0.3 is 0 Å². The number of ether oxygens (including phenoxy) is 1. The van der Waals surface area contributed by atoms with Gasteiger partial charge in [0.25, 0.3) is 0 Å². The van der Waals surface area contributed by atoms with Crippen LogP contribution in [0, 0.1) is 0 Å². The van der Waals surface area contributed by atoms with Crippen molar-refractivity contribution in [2.24, 2.45) is 0 Å². The largest absolute Gasteiger partial charge is 0.374 e. The summed E-state index contributed by atoms with van der Waals surface area (Å²) in [5.41, 5.74) is 0. The third kappa shape index (κ3) is 5.51. The summed E-state index contributed by atoms with van der Waals surface area (Å²) < 4.78 is 5.16. The van der Waals surface area contributed by atoms with Gasteiger partial charge in [-0.15, -0.1) is 6.58 Å². The van der Waals surface area contributed by atoms with Gasteiger partial charge in [-0.1, -0.05) is 6.08 Å². The quantitative estimate of drug-likeness (QED) is 0.544. The topological polar surface area (TPSA) is 26.3 Å². The van der Waals surface area contributed by atoms with E-state index in [2.05, 4.69) is 6.58 Å². The maximum absolute atomic E-state index is 10.4. The molecule has 0 saturated carbocycles. The fraction of sp³-hybridized carbons (Fsp3) is 0.625. The lowest BCUT2D eigenvalue weighted by Gasteiger charge is -2.05. The van der Waals surface area contributed by atoms with Crippen LogP contribution in [-0.2, 0) is 9.53 Å². The predicted octanol–water partition coefficient (Wildman–Crippen LogP) is 1.56. The second-order valence-corrected chi connectivity index (χ2v) is 2.26. The van der Waals surface area contributed by atoms with Gasteiger partial charge in [0.1, 0.15) is 5.78 Å². The molecule has 0 fully saturated rings. The van der Waals surface area contributed by atoms with Crippen molar-refractivity contribution in [2.45, 2.75) is 26.4 Å². The summed E-state index contributed by atoms with van der Waals surface area (Å²) in [6.45, 7) is 7.50. The Morgan fingerprint density at radius 3 is 2.80 bits per heavy atom. The average molecular weight is 142 g/mol. The number of carbonyl (C=O) groups excluding carboxylic acids is 1. The van der Waals surface area contributed by atoms with Crippen molar-refractivity contribution in [2.75, 3.05) is 6.61 Å². The molecule has 0 bridgehead atoms. The molecular formula is C8H14O2. The van der Waals surface area contributed by atoms with Crippen molar-refractivity contribution < 1.29 is 9.53 Å². The van der Waals surface area contributed by atoms with E-state index in [4.69, 9.17) is 4.74 Å². The van der Waals surface area contributed by atoms with E-state index < -0.39 is 0 Å². The second kappa shape index (κ2) is 5.18. The fourth-order valence-electron chi connectivity index (χ4n) is 0.457. The van der Waals surface area contributed by atoms with E-state index in [0.717, 1.165) is 0 Å². The smallest absolute Gasteiger partial charge is 0.132 e. The van der Waals surface area contributed by atoms with Crippen LogP contribution >= 0.6 is 0 Å². The minimum atomic E-state index is 0.0550. The fourth-order valence-corrected chi connectivity index (χ4v) is 0.457. The lowest BCUT2D eigenvalue weighted by Crippen LogP contribution is -2.07. The summed E-state index contributed by atoms with van der Waals surface area (Å²) in [6.07, 6.45) is 2.26. The monoisotopic (exact) mass is 142 g/mol. The molecule has 0 N–H and O–H groups in total. The van der Waals surface area contributed by atoms with E-state index in [1.54, 1.807) is 13.0 Å². The molecule has 1 atom stereocenters. The molecule has 0 aromatic heterocycles. The van der Waals surface area contributed by atoms with Crippen LogP contribution in [0.1, 0.15) is 20.3 Å². The zero-order valence-corrected chi connectivity index (χ0v) is 6.59. The Morgan fingerprint density at radius 2 is 2.40 bits per heavy atom. The van der Waals surface area contributed by atoms with Gasteiger partial charge < -0.3 is 4.74 Å². The highest BCUT2D eigenvalue weighted by molar-refractivity contribution is 5.75. The van der Waals surface area contributed by atoms with Crippen LogP contribution < -0.4 is 0 Å². The Hall–Kier alpha value is -0.630. The first-order valence-corrected chi connectivity index (χ1v) is 3.40. The Bertz CT molecular complexity index is 118. The molecule has 10 heavy (non-hydrogen) atoms. The first-order valence-electron chi connectivity index (χ1n) is 3.40. The highest BCUT2D eigenvalue weighted by Crippen LogP contribution is 1.92. The molecule has 0 aliphatic carbocycles. The summed E-state index contributed by atoms with van der Waals surface area (Å²) in [5.74, 6) is 0.163. The molecule has 0 radical (unpaired) electrons. The van der Waals surface area contributed by atoms with Crippen LogP contribution in [0.5, 0.6) is 0 Å². The van der Waals surface area contributed by atoms with Crippen molar-refractivity contribution in [3.05, 3.63) is 12.7 Å². The third-order valence-corrected chi connectivity index (χ3v) is 1.17. The van der Waals surface area contributed by atoms with Crippen LogP contribution in [0.25, 0.3) is 0 Å². The summed E-state index contributed by atoms with van der Waals surface area (Å²) in [6, 6.07) is 0. The molecule has 0 aromatic carbocycles. The Morgan fingerprint density at radius 1 is 1.80 bits per heavy atom. The zero-order chi connectivity index (χ0) is 7.98. The number of ketones is 1. The molecular weight excluding hydrogens is 128 g/mol. The minimum absolute atomic E-state index is 0.0550. The highest BCUT2D eigenvalue weighted by atomic mass is 16.5. The molecule has 0 aliphatic heterocycles. The number of Topliss-reactive ketones (excluding diaryl/α,β-unsaturated/α-hetero) is 1. The molecule has 0 rings (SSSR count). The van der Waals surface area contributed by atoms with Gasteiger partial charge in [-0.25, -0.2) is 0 Å². The molecule has 1 unspecified atom stereocenters. The van der Waals surface area contributed by atoms with Crippen LogP contribution in [0.4, 0.5) is 0 Å². The van der Waals surface area contributed by atoms with Crippen molar-refractivity contribution in [3.8, 4) is 0 Å². The minimum Gasteiger partial charge on any atom is -0.374 e. The molecule has 2 heteroatoms. The van der Waals surface area contributed by atoms with E-state index in [9.17, 15) is 4.79 Å². The molecule has 58 valence electrons. The van der Waals surface area contributed by atoms with Gasteiger partial charge in [-0.3, -0.25) is 4.79 Å². The highest BCUT2D eigenvalue weighted by Gasteiger charge is 1.96. The standard InChI is InChI=1S/C8H14O2/c1-4-8(3)10-6-5-7(2)9/h4,8H,1,5-6H2,2-3H3. The van der Waals surface area contributed by atoms with Gasteiger partial charge in [-0.05, 0) is 13.8 Å². The van der Waals surface area contributed by atoms with Gasteiger partial charge in [0, 0.05) is 6.42 Å². The molecule has 0 heterocycles. The van der Waals surface area contributed by atoms with E-state index >= 15 is 0 Å². The first kappa shape index (κ1) is 9.37. The predicted molar refractivity (Wildman–Crippen MR) is 40.9 cm³/mol. The number of carbonyl (C=O) groups is 1. The molecule has 2 nitrogen and oxygen atoms in total. The summed E-state index contributed by atoms with van der Waals surface area (Å²) in [4.78, 5) is 10.4. The van der Waals surface area contributed by atoms with Gasteiger partial charge in [0.05, 0.1) is 12.7 Å². The Kier molecular flexibility index (Phi) is 4.85. The maximum Gasteiger partial charge on any atom is 0.132 e. The normalized spacial score (nSPS) is 12.6. The molecule has 0 amide bonds. The van der Waals surface area contributed by atoms with E-state index in [1.807, 2.05) is 6.92 Å². The van der Waals surface area contributed by atoms with Crippen molar-refractivity contribution in [3.63, 3.8) is 0 Å². The van der Waals surface area contributed by atoms with Gasteiger partial charge in [0.15, 0.2) is 0 Å². The van der Waals surface area contributed by atoms with Gasteiger partial charge in [-0.2, -0.15) is 0 Å². The van der Waals surface area contributed by atoms with E-state index in [-0.39, 0.29) is 11.9 Å². The summed E-state index contributed by atoms with van der Waals surface area (Å²) >= 11 is 0. The number of rotatable bonds is 5. The lowest BCUT2D eigenvalue weighted by molar-refractivity contribution is -0.118. The van der Waals surface area contributed by atoms with Crippen LogP contribution in [0.2, 0.25) is 0 Å². The van der Waals surface area contributed by atoms with Crippen molar-refractivity contribution in [1.82, 2.24) is 0 Å². The summed E-state index contributed by atoms with van der Waals surface area (Å²) in [5, 5.41) is 0. The SMILES string of the molecule is C=CC(C)OCCC(C)=O. The first-order chi connectivity index (χ1) is 4.66. The Labute approximate surface area is 61.9 Å².